The van der Waals surface area contributed by atoms with Gasteiger partial charge in [-0.25, -0.2) is 4.79 Å². The number of aryl methyl sites for hydroxylation is 1. The van der Waals surface area contributed by atoms with Gasteiger partial charge >= 0.3 is 17.8 Å². The third kappa shape index (κ3) is 4.62. The average molecular weight is 346 g/mol. The molecule has 8 heteroatoms. The van der Waals surface area contributed by atoms with Crippen LogP contribution in [0.25, 0.3) is 0 Å². The zero-order chi connectivity index (χ0) is 18.4. The Balaban J connectivity index is 3.33. The molecule has 1 amide bonds. The molecular weight excluding hydrogens is 325 g/mol. The Bertz CT molecular complexity index is 590. The van der Waals surface area contributed by atoms with Gasteiger partial charge in [0.05, 0.1) is 6.61 Å². The summed E-state index contributed by atoms with van der Waals surface area (Å²) < 4.78 is 45.9. The zero-order valence-corrected chi connectivity index (χ0v) is 13.8. The van der Waals surface area contributed by atoms with Crippen LogP contribution in [-0.4, -0.2) is 30.3 Å². The van der Waals surface area contributed by atoms with E-state index in [0.29, 0.717) is 12.0 Å². The first-order valence-electron chi connectivity index (χ1n) is 7.56. The van der Waals surface area contributed by atoms with Gasteiger partial charge in [0.15, 0.2) is 0 Å². The largest absolute Gasteiger partial charge is 0.463 e. The Morgan fingerprint density at radius 3 is 2.38 bits per heavy atom. The van der Waals surface area contributed by atoms with Crippen molar-refractivity contribution in [2.24, 2.45) is 0 Å². The van der Waals surface area contributed by atoms with E-state index >= 15 is 0 Å². The van der Waals surface area contributed by atoms with E-state index in [9.17, 15) is 22.8 Å². The van der Waals surface area contributed by atoms with Gasteiger partial charge in [0.2, 0.25) is 5.91 Å². The van der Waals surface area contributed by atoms with Crippen LogP contribution in [0.3, 0.4) is 0 Å². The number of anilines is 1. The fraction of sp³-hybridized carbons (Fsp3) is 0.500. The monoisotopic (exact) mass is 346 g/mol. The summed E-state index contributed by atoms with van der Waals surface area (Å²) in [6.07, 6.45) is -4.91. The van der Waals surface area contributed by atoms with E-state index in [1.165, 1.54) is 25.1 Å². The van der Waals surface area contributed by atoms with Crippen molar-refractivity contribution in [2.75, 3.05) is 11.9 Å². The summed E-state index contributed by atoms with van der Waals surface area (Å²) >= 11 is 0. The van der Waals surface area contributed by atoms with Crippen molar-refractivity contribution in [3.8, 4) is 0 Å². The Kier molecular flexibility index (Phi) is 6.62. The zero-order valence-electron chi connectivity index (χ0n) is 13.8. The highest BCUT2D eigenvalue weighted by atomic mass is 19.4. The first-order chi connectivity index (χ1) is 11.2. The van der Waals surface area contributed by atoms with Crippen molar-refractivity contribution in [3.63, 3.8) is 0 Å². The van der Waals surface area contributed by atoms with Gasteiger partial charge in [0, 0.05) is 12.1 Å². The molecular formula is C16H21F3N2O3. The third-order valence-corrected chi connectivity index (χ3v) is 3.16. The molecule has 0 spiro atoms. The van der Waals surface area contributed by atoms with Crippen LogP contribution in [0.4, 0.5) is 18.9 Å². The molecule has 5 nitrogen and oxygen atoms in total. The Morgan fingerprint density at radius 2 is 1.88 bits per heavy atom. The number of esters is 1. The standard InChI is InChI=1S/C16H21F3N2O3/c1-4-7-13(22)21-15(16(17,18)19,14(23)24-5-2)20-12-9-6-8-11(3)10-12/h6,8-10,20H,4-5,7H2,1-3H3,(H,21,22). The number of ether oxygens (including phenoxy) is 1. The van der Waals surface area contributed by atoms with Crippen LogP contribution in [0.2, 0.25) is 0 Å². The van der Waals surface area contributed by atoms with Gasteiger partial charge in [-0.05, 0) is 38.0 Å². The van der Waals surface area contributed by atoms with Crippen molar-refractivity contribution in [1.82, 2.24) is 5.32 Å². The number of rotatable bonds is 7. The molecule has 0 aromatic heterocycles. The lowest BCUT2D eigenvalue weighted by Gasteiger charge is -2.35. The molecule has 0 saturated heterocycles. The molecule has 0 aliphatic carbocycles. The molecule has 24 heavy (non-hydrogen) atoms. The van der Waals surface area contributed by atoms with Crippen LogP contribution in [0.5, 0.6) is 0 Å². The van der Waals surface area contributed by atoms with E-state index < -0.39 is 23.7 Å². The van der Waals surface area contributed by atoms with Gasteiger partial charge in [-0.2, -0.15) is 13.2 Å². The second kappa shape index (κ2) is 8.03. The van der Waals surface area contributed by atoms with Gasteiger partial charge in [-0.1, -0.05) is 19.1 Å². The van der Waals surface area contributed by atoms with E-state index in [0.717, 1.165) is 0 Å². The maximum absolute atomic E-state index is 13.8. The van der Waals surface area contributed by atoms with Crippen LogP contribution in [-0.2, 0) is 14.3 Å². The molecule has 134 valence electrons. The van der Waals surface area contributed by atoms with Crippen molar-refractivity contribution >= 4 is 17.6 Å². The first-order valence-corrected chi connectivity index (χ1v) is 7.56. The summed E-state index contributed by atoms with van der Waals surface area (Å²) in [7, 11) is 0. The minimum absolute atomic E-state index is 0.0391. The van der Waals surface area contributed by atoms with Crippen LogP contribution in [0.15, 0.2) is 24.3 Å². The Labute approximate surface area is 138 Å². The predicted molar refractivity (Wildman–Crippen MR) is 83.3 cm³/mol. The lowest BCUT2D eigenvalue weighted by Crippen LogP contribution is -2.69. The first kappa shape index (κ1) is 19.8. The normalized spacial score (nSPS) is 13.8. The second-order valence-corrected chi connectivity index (χ2v) is 5.26. The summed E-state index contributed by atoms with van der Waals surface area (Å²) in [5, 5.41) is 3.89. The fourth-order valence-corrected chi connectivity index (χ4v) is 2.07. The van der Waals surface area contributed by atoms with Crippen molar-refractivity contribution < 1.29 is 27.5 Å². The Hall–Kier alpha value is -2.25. The maximum atomic E-state index is 13.8. The van der Waals surface area contributed by atoms with Crippen molar-refractivity contribution in [3.05, 3.63) is 29.8 Å². The fourth-order valence-electron chi connectivity index (χ4n) is 2.07. The van der Waals surface area contributed by atoms with Gasteiger partial charge in [0.25, 0.3) is 0 Å². The highest BCUT2D eigenvalue weighted by molar-refractivity contribution is 5.91. The summed E-state index contributed by atoms with van der Waals surface area (Å²) in [5.74, 6) is -2.51. The summed E-state index contributed by atoms with van der Waals surface area (Å²) in [6.45, 7) is 4.48. The van der Waals surface area contributed by atoms with Crippen molar-refractivity contribution in [1.29, 1.82) is 0 Å². The van der Waals surface area contributed by atoms with Crippen LogP contribution < -0.4 is 10.6 Å². The van der Waals surface area contributed by atoms with E-state index in [1.807, 2.05) is 0 Å². The molecule has 0 saturated carbocycles. The topological polar surface area (TPSA) is 67.4 Å². The maximum Gasteiger partial charge on any atom is 0.441 e. The van der Waals surface area contributed by atoms with Gasteiger partial charge in [-0.3, -0.25) is 4.79 Å². The number of hydrogen-bond donors (Lipinski definition) is 2. The van der Waals surface area contributed by atoms with E-state index in [4.69, 9.17) is 0 Å². The van der Waals surface area contributed by atoms with Gasteiger partial charge in [0.1, 0.15) is 0 Å². The quantitative estimate of drug-likeness (QED) is 0.588. The van der Waals surface area contributed by atoms with Crippen LogP contribution in [0, 0.1) is 6.92 Å². The molecule has 0 heterocycles. The van der Waals surface area contributed by atoms with Gasteiger partial charge < -0.3 is 15.4 Å². The Morgan fingerprint density at radius 1 is 1.21 bits per heavy atom. The number of amides is 1. The smallest absolute Gasteiger partial charge is 0.441 e. The summed E-state index contributed by atoms with van der Waals surface area (Å²) in [4.78, 5) is 23.9. The van der Waals surface area contributed by atoms with E-state index in [1.54, 1.807) is 25.2 Å². The molecule has 1 atom stereocenters. The molecule has 0 fully saturated rings. The molecule has 0 bridgehead atoms. The number of hydrogen-bond acceptors (Lipinski definition) is 4. The average Bonchev–Trinajstić information content (AvgIpc) is 2.45. The lowest BCUT2D eigenvalue weighted by atomic mass is 10.1. The van der Waals surface area contributed by atoms with E-state index in [-0.39, 0.29) is 18.7 Å². The number of carbonyl (C=O) groups excluding carboxylic acids is 2. The number of carbonyl (C=O) groups is 2. The SMILES string of the molecule is CCCC(=O)NC(Nc1cccc(C)c1)(C(=O)OCC)C(F)(F)F. The molecule has 0 radical (unpaired) electrons. The number of benzene rings is 1. The summed E-state index contributed by atoms with van der Waals surface area (Å²) in [6, 6.07) is 6.04. The van der Waals surface area contributed by atoms with Crippen LogP contribution >= 0.6 is 0 Å². The molecule has 1 aromatic carbocycles. The molecule has 2 N–H and O–H groups in total. The molecule has 1 unspecified atom stereocenters. The predicted octanol–water partition coefficient (Wildman–Crippen LogP) is 3.14. The minimum Gasteiger partial charge on any atom is -0.463 e. The lowest BCUT2D eigenvalue weighted by molar-refractivity contribution is -0.207. The third-order valence-electron chi connectivity index (χ3n) is 3.16. The second-order valence-electron chi connectivity index (χ2n) is 5.26. The van der Waals surface area contributed by atoms with E-state index in [2.05, 4.69) is 10.1 Å². The number of halogens is 3. The molecule has 1 rings (SSSR count). The number of alkyl halides is 3. The number of nitrogens with one attached hydrogen (secondary N) is 2. The van der Waals surface area contributed by atoms with Gasteiger partial charge in [-0.15, -0.1) is 0 Å². The van der Waals surface area contributed by atoms with Crippen LogP contribution in [0.1, 0.15) is 32.3 Å². The molecule has 1 aromatic rings. The summed E-state index contributed by atoms with van der Waals surface area (Å²) in [5.41, 5.74) is -2.61. The van der Waals surface area contributed by atoms with Crippen molar-refractivity contribution in [2.45, 2.75) is 45.5 Å². The minimum atomic E-state index is -5.10. The highest BCUT2D eigenvalue weighted by Gasteiger charge is 2.63. The molecule has 0 aliphatic rings. The molecule has 0 aliphatic heterocycles. The highest BCUT2D eigenvalue weighted by Crippen LogP contribution is 2.33.